The number of hydrogen-bond donors (Lipinski definition) is 0. The molecule has 0 unspecified atom stereocenters. The summed E-state index contributed by atoms with van der Waals surface area (Å²) < 4.78 is 13.1. The summed E-state index contributed by atoms with van der Waals surface area (Å²) in [4.78, 5) is 16.1. The first-order valence-electron chi connectivity index (χ1n) is 6.10. The van der Waals surface area contributed by atoms with Crippen molar-refractivity contribution in [1.29, 1.82) is 0 Å². The van der Waals surface area contributed by atoms with Gasteiger partial charge in [-0.05, 0) is 18.2 Å². The molecule has 0 bridgehead atoms. The first-order chi connectivity index (χ1) is 9.61. The molecule has 2 aliphatic rings. The summed E-state index contributed by atoms with van der Waals surface area (Å²) in [6.07, 6.45) is 0. The number of carbonyl (C=O) groups is 1. The molecule has 5 nitrogen and oxygen atoms in total. The Hall–Kier alpha value is -2.63. The van der Waals surface area contributed by atoms with Crippen molar-refractivity contribution in [2.75, 3.05) is 0 Å². The Labute approximate surface area is 115 Å². The van der Waals surface area contributed by atoms with Crippen molar-refractivity contribution in [2.24, 2.45) is 15.2 Å². The maximum absolute atomic E-state index is 13.1. The molecule has 1 aliphatic heterocycles. The number of Topliss-reactive ketones (excluding diaryl/α,β-unsaturated/α-hetero) is 1. The molecule has 0 saturated heterocycles. The van der Waals surface area contributed by atoms with E-state index in [-0.39, 0.29) is 22.9 Å². The second-order valence-corrected chi connectivity index (χ2v) is 3.78. The van der Waals surface area contributed by atoms with E-state index in [0.717, 1.165) is 5.12 Å². The zero-order chi connectivity index (χ0) is 14.9. The second-order valence-electron chi connectivity index (χ2n) is 3.78. The minimum atomic E-state index is -0.473. The summed E-state index contributed by atoms with van der Waals surface area (Å²) in [7, 11) is 0. The Morgan fingerprint density at radius 3 is 2.60 bits per heavy atom. The van der Waals surface area contributed by atoms with Crippen molar-refractivity contribution in [1.82, 2.24) is 5.12 Å². The van der Waals surface area contributed by atoms with Crippen LogP contribution in [0.25, 0.3) is 0 Å². The maximum atomic E-state index is 13.1. The average Bonchev–Trinajstić information content (AvgIpc) is 2.73. The summed E-state index contributed by atoms with van der Waals surface area (Å²) in [5, 5.41) is 8.85. The summed E-state index contributed by atoms with van der Waals surface area (Å²) in [5.41, 5.74) is 1.34. The number of hydrogen-bond acceptors (Lipinski definition) is 5. The lowest BCUT2D eigenvalue weighted by Crippen LogP contribution is -2.25. The topological polar surface area (TPSA) is 57.4 Å². The lowest BCUT2D eigenvalue weighted by molar-refractivity contribution is 0.106. The Bertz CT molecular complexity index is 676. The molecule has 0 radical (unpaired) electrons. The average molecular weight is 272 g/mol. The number of hydrazone groups is 2. The molecule has 3 rings (SSSR count). The van der Waals surface area contributed by atoms with E-state index in [2.05, 4.69) is 28.5 Å². The van der Waals surface area contributed by atoms with Crippen LogP contribution in [-0.4, -0.2) is 29.0 Å². The quantitative estimate of drug-likeness (QED) is 0.738. The van der Waals surface area contributed by atoms with Gasteiger partial charge in [-0.15, -0.1) is 10.2 Å². The van der Waals surface area contributed by atoms with Gasteiger partial charge in [0.2, 0.25) is 5.78 Å². The molecule has 0 atom stereocenters. The normalized spacial score (nSPS) is 15.7. The Balaban J connectivity index is 0.000000704. The highest BCUT2D eigenvalue weighted by Gasteiger charge is 2.36. The zero-order valence-corrected chi connectivity index (χ0v) is 11.2. The number of halogens is 1. The van der Waals surface area contributed by atoms with Crippen LogP contribution in [-0.2, 0) is 0 Å². The molecule has 20 heavy (non-hydrogen) atoms. The van der Waals surface area contributed by atoms with Crippen molar-refractivity contribution in [3.63, 3.8) is 0 Å². The van der Waals surface area contributed by atoms with E-state index in [1.165, 1.54) is 18.2 Å². The molecular formula is C14H13FN4O. The van der Waals surface area contributed by atoms with Crippen LogP contribution in [0.5, 0.6) is 0 Å². The largest absolute Gasteiger partial charge is 0.287 e. The van der Waals surface area contributed by atoms with E-state index in [0.29, 0.717) is 11.3 Å². The highest BCUT2D eigenvalue weighted by molar-refractivity contribution is 6.78. The van der Waals surface area contributed by atoms with Crippen LogP contribution in [0.2, 0.25) is 0 Å². The Morgan fingerprint density at radius 1 is 1.25 bits per heavy atom. The van der Waals surface area contributed by atoms with Gasteiger partial charge < -0.3 is 0 Å². The monoisotopic (exact) mass is 272 g/mol. The smallest absolute Gasteiger partial charge is 0.214 e. The Kier molecular flexibility index (Phi) is 3.56. The van der Waals surface area contributed by atoms with E-state index in [9.17, 15) is 9.18 Å². The van der Waals surface area contributed by atoms with E-state index in [4.69, 9.17) is 0 Å². The molecule has 0 spiro atoms. The molecule has 0 amide bonds. The number of nitrogens with zero attached hydrogens (tertiary/aromatic N) is 4. The summed E-state index contributed by atoms with van der Waals surface area (Å²) in [6, 6.07) is 3.95. The van der Waals surface area contributed by atoms with Crippen LogP contribution in [0.4, 0.5) is 4.39 Å². The Morgan fingerprint density at radius 2 is 1.95 bits per heavy atom. The highest BCUT2D eigenvalue weighted by Crippen LogP contribution is 2.26. The van der Waals surface area contributed by atoms with Crippen molar-refractivity contribution >= 4 is 23.9 Å². The number of aliphatic imine (C=N–C) groups is 1. The van der Waals surface area contributed by atoms with Crippen LogP contribution < -0.4 is 0 Å². The van der Waals surface area contributed by atoms with Crippen LogP contribution in [0.1, 0.15) is 29.8 Å². The van der Waals surface area contributed by atoms with Gasteiger partial charge in [0.25, 0.3) is 0 Å². The van der Waals surface area contributed by atoms with Crippen molar-refractivity contribution in [3.05, 3.63) is 47.5 Å². The van der Waals surface area contributed by atoms with Crippen molar-refractivity contribution in [3.8, 4) is 0 Å². The van der Waals surface area contributed by atoms with Gasteiger partial charge in [0.1, 0.15) is 17.2 Å². The lowest BCUT2D eigenvalue weighted by atomic mass is 10.1. The maximum Gasteiger partial charge on any atom is 0.214 e. The third kappa shape index (κ3) is 1.95. The second kappa shape index (κ2) is 5.16. The fourth-order valence-corrected chi connectivity index (χ4v) is 1.92. The van der Waals surface area contributed by atoms with E-state index in [1.54, 1.807) is 0 Å². The lowest BCUT2D eigenvalue weighted by Gasteiger charge is -2.17. The number of fused-ring (bicyclic) bond motifs is 3. The van der Waals surface area contributed by atoms with Gasteiger partial charge in [-0.3, -0.25) is 4.79 Å². The van der Waals surface area contributed by atoms with Gasteiger partial charge in [0.15, 0.2) is 5.82 Å². The van der Waals surface area contributed by atoms with Gasteiger partial charge >= 0.3 is 0 Å². The molecule has 1 heterocycles. The van der Waals surface area contributed by atoms with Gasteiger partial charge in [0.05, 0.1) is 0 Å². The third-order valence-corrected chi connectivity index (χ3v) is 2.72. The SMILES string of the molecule is C=NN1N=C2C(=NC1=C)C(=O)c1cc(F)ccc12.CC. The van der Waals surface area contributed by atoms with Gasteiger partial charge in [-0.25, -0.2) is 9.38 Å². The van der Waals surface area contributed by atoms with Crippen LogP contribution in [0.3, 0.4) is 0 Å². The number of benzene rings is 1. The predicted octanol–water partition coefficient (Wildman–Crippen LogP) is 2.60. The zero-order valence-electron chi connectivity index (χ0n) is 11.2. The van der Waals surface area contributed by atoms with Crippen LogP contribution in [0.15, 0.2) is 45.8 Å². The molecule has 0 fully saturated rings. The highest BCUT2D eigenvalue weighted by atomic mass is 19.1. The minimum absolute atomic E-state index is 0.167. The minimum Gasteiger partial charge on any atom is -0.287 e. The number of carbonyl (C=O) groups excluding carboxylic acids is 1. The molecule has 0 aromatic heterocycles. The predicted molar refractivity (Wildman–Crippen MR) is 76.6 cm³/mol. The van der Waals surface area contributed by atoms with E-state index < -0.39 is 5.82 Å². The number of rotatable bonds is 1. The molecule has 1 aromatic rings. The number of ketones is 1. The van der Waals surface area contributed by atoms with Crippen LogP contribution >= 0.6 is 0 Å². The molecule has 1 aromatic carbocycles. The van der Waals surface area contributed by atoms with E-state index >= 15 is 0 Å². The van der Waals surface area contributed by atoms with Crippen LogP contribution in [0, 0.1) is 5.82 Å². The molecule has 0 saturated carbocycles. The standard InChI is InChI=1S/C12H7FN4O.C2H6/c1-6-15-11-10(16-17(6)14-2)8-4-3-7(13)5-9(8)12(11)18;1-2/h3-5H,1-2H2;1-2H3. The molecule has 0 N–H and O–H groups in total. The van der Waals surface area contributed by atoms with Crippen molar-refractivity contribution in [2.45, 2.75) is 13.8 Å². The fraction of sp³-hybridized carbons (Fsp3) is 0.143. The summed E-state index contributed by atoms with van der Waals surface area (Å²) in [6.45, 7) is 10.9. The fourth-order valence-electron chi connectivity index (χ4n) is 1.92. The first kappa shape index (κ1) is 13.8. The van der Waals surface area contributed by atoms with Gasteiger partial charge in [-0.1, -0.05) is 20.4 Å². The third-order valence-electron chi connectivity index (χ3n) is 2.72. The molecule has 102 valence electrons. The summed E-state index contributed by atoms with van der Waals surface area (Å²) >= 11 is 0. The van der Waals surface area contributed by atoms with Gasteiger partial charge in [-0.2, -0.15) is 5.10 Å². The van der Waals surface area contributed by atoms with Gasteiger partial charge in [0, 0.05) is 17.8 Å². The first-order valence-corrected chi connectivity index (χ1v) is 6.10. The van der Waals surface area contributed by atoms with E-state index in [1.807, 2.05) is 13.8 Å². The molecular weight excluding hydrogens is 259 g/mol. The summed E-state index contributed by atoms with van der Waals surface area (Å²) in [5.74, 6) is -0.627. The molecule has 1 aliphatic carbocycles. The van der Waals surface area contributed by atoms with Crippen molar-refractivity contribution < 1.29 is 9.18 Å². The molecule has 6 heteroatoms.